The molecule has 0 unspecified atom stereocenters. The molecule has 7 heteroatoms. The maximum atomic E-state index is 9.11. The van der Waals surface area contributed by atoms with Crippen LogP contribution in [-0.4, -0.2) is 35.0 Å². The molecule has 0 atom stereocenters. The summed E-state index contributed by atoms with van der Waals surface area (Å²) in [6, 6.07) is 18.8. The van der Waals surface area contributed by atoms with Crippen LogP contribution in [0.25, 0.3) is 10.4 Å². The van der Waals surface area contributed by atoms with Crippen molar-refractivity contribution in [3.63, 3.8) is 0 Å². The van der Waals surface area contributed by atoms with Gasteiger partial charge in [-0.3, -0.25) is 0 Å². The third-order valence-corrected chi connectivity index (χ3v) is 12.1. The number of benzene rings is 4. The van der Waals surface area contributed by atoms with Gasteiger partial charge in [0.25, 0.3) is 0 Å². The van der Waals surface area contributed by atoms with Crippen molar-refractivity contribution in [2.45, 2.75) is 149 Å². The first kappa shape index (κ1) is 45.5. The number of hydrogen-bond donors (Lipinski definition) is 0. The first-order valence-electron chi connectivity index (χ1n) is 21.4. The van der Waals surface area contributed by atoms with Gasteiger partial charge in [0.1, 0.15) is 23.0 Å². The molecule has 0 spiro atoms. The Hall–Kier alpha value is -4.61. The fraction of sp³-hybridized carbons (Fsp3) is 0.538. The van der Waals surface area contributed by atoms with E-state index in [4.69, 9.17) is 24.5 Å². The van der Waals surface area contributed by atoms with E-state index in [0.29, 0.717) is 25.8 Å². The quantitative estimate of drug-likeness (QED) is 0.0730. The molecule has 0 aliphatic heterocycles. The molecule has 59 heavy (non-hydrogen) atoms. The van der Waals surface area contributed by atoms with Crippen LogP contribution >= 0.6 is 0 Å². The Balaban J connectivity index is 2.02. The summed E-state index contributed by atoms with van der Waals surface area (Å²) in [5.74, 6) is 3.49. The molecule has 0 N–H and O–H groups in total. The summed E-state index contributed by atoms with van der Waals surface area (Å²) in [5.41, 5.74) is 22.7. The van der Waals surface area contributed by atoms with Crippen LogP contribution < -0.4 is 18.9 Å². The van der Waals surface area contributed by atoms with E-state index in [2.05, 4.69) is 142 Å². The second-order valence-electron chi connectivity index (χ2n) is 20.7. The SMILES string of the molecule is COc1c2cc(C(C)(C)C)cc1Cc1cc(C(C)(C)C)cc(c1OC)C(CCCCN=[N+]=[N-])c1cc(C(C)(C)C)cc(c1OC)Cc1cc(C(C)(C)C)cc(c1OC)C2. The number of azide groups is 1. The highest BCUT2D eigenvalue weighted by atomic mass is 16.5. The average Bonchev–Trinajstić information content (AvgIpc) is 3.13. The van der Waals surface area contributed by atoms with E-state index >= 15 is 0 Å². The van der Waals surface area contributed by atoms with Crippen molar-refractivity contribution in [3.8, 4) is 23.0 Å². The molecule has 0 aromatic heterocycles. The van der Waals surface area contributed by atoms with Crippen molar-refractivity contribution in [1.82, 2.24) is 0 Å². The average molecular weight is 802 g/mol. The largest absolute Gasteiger partial charge is 0.496 e. The number of unbranched alkanes of at least 4 members (excludes halogenated alkanes) is 1. The molecule has 5 rings (SSSR count). The zero-order valence-corrected chi connectivity index (χ0v) is 39.1. The standard InChI is InChI=1S/C52H71N3O4/c1-49(2,3)38-24-32-21-33-25-39(50(4,5)6)27-35(46(33)57-14)23-37-29-41(52(10,11)12)31-44(48(37)59-16)42(19-17-18-20-54-55-53)43-30-40(51(7,8)9)28-36(47(43)58-15)22-34(26-38)45(32)56-13/h24-31,42H,17-23H2,1-16H3. The highest BCUT2D eigenvalue weighted by Gasteiger charge is 2.32. The minimum absolute atomic E-state index is 0.0855. The Bertz CT molecular complexity index is 2060. The van der Waals surface area contributed by atoms with Crippen LogP contribution in [0.3, 0.4) is 0 Å². The Kier molecular flexibility index (Phi) is 13.5. The molecule has 1 aliphatic carbocycles. The molecule has 7 nitrogen and oxygen atoms in total. The van der Waals surface area contributed by atoms with Crippen LogP contribution in [0.15, 0.2) is 53.6 Å². The highest BCUT2D eigenvalue weighted by molar-refractivity contribution is 5.61. The molecule has 0 saturated heterocycles. The molecule has 318 valence electrons. The van der Waals surface area contributed by atoms with E-state index in [0.717, 1.165) is 86.8 Å². The van der Waals surface area contributed by atoms with Gasteiger partial charge in [-0.2, -0.15) is 0 Å². The van der Waals surface area contributed by atoms with Crippen molar-refractivity contribution in [2.75, 3.05) is 35.0 Å². The van der Waals surface area contributed by atoms with Gasteiger partial charge in [-0.25, -0.2) is 0 Å². The zero-order valence-electron chi connectivity index (χ0n) is 39.1. The normalized spacial score (nSPS) is 13.8. The number of fused-ring (bicyclic) bond motifs is 8. The lowest BCUT2D eigenvalue weighted by atomic mass is 9.76. The summed E-state index contributed by atoms with van der Waals surface area (Å²) < 4.78 is 26.1. The third kappa shape index (κ3) is 10.1. The lowest BCUT2D eigenvalue weighted by Crippen LogP contribution is -2.18. The van der Waals surface area contributed by atoms with Gasteiger partial charge < -0.3 is 18.9 Å². The molecular formula is C52H71N3O4. The summed E-state index contributed by atoms with van der Waals surface area (Å²) in [6.07, 6.45) is 4.34. The summed E-state index contributed by atoms with van der Waals surface area (Å²) in [7, 11) is 7.23. The Morgan fingerprint density at radius 2 is 0.763 bits per heavy atom. The first-order valence-corrected chi connectivity index (χ1v) is 21.4. The zero-order chi connectivity index (χ0) is 43.7. The van der Waals surface area contributed by atoms with Crippen LogP contribution in [0.2, 0.25) is 0 Å². The van der Waals surface area contributed by atoms with Crippen LogP contribution in [-0.2, 0) is 40.9 Å². The van der Waals surface area contributed by atoms with Crippen molar-refractivity contribution in [1.29, 1.82) is 0 Å². The molecular weight excluding hydrogens is 731 g/mol. The molecule has 4 aromatic carbocycles. The van der Waals surface area contributed by atoms with Gasteiger partial charge in [-0.15, -0.1) is 0 Å². The van der Waals surface area contributed by atoms with Gasteiger partial charge >= 0.3 is 0 Å². The molecule has 0 amide bonds. The predicted molar refractivity (Wildman–Crippen MR) is 245 cm³/mol. The molecule has 4 aromatic rings. The van der Waals surface area contributed by atoms with Crippen molar-refractivity contribution in [3.05, 3.63) is 126 Å². The van der Waals surface area contributed by atoms with Crippen LogP contribution in [0.4, 0.5) is 0 Å². The van der Waals surface area contributed by atoms with Gasteiger partial charge in [0, 0.05) is 47.8 Å². The summed E-state index contributed by atoms with van der Waals surface area (Å²) in [6.45, 7) is 27.9. The Morgan fingerprint density at radius 3 is 1.03 bits per heavy atom. The van der Waals surface area contributed by atoms with E-state index in [-0.39, 0.29) is 27.6 Å². The Labute approximate surface area is 355 Å². The second kappa shape index (κ2) is 17.5. The maximum absolute atomic E-state index is 9.11. The van der Waals surface area contributed by atoms with Crippen LogP contribution in [0.5, 0.6) is 23.0 Å². The van der Waals surface area contributed by atoms with E-state index < -0.39 is 0 Å². The van der Waals surface area contributed by atoms with E-state index in [1.54, 1.807) is 14.2 Å². The molecule has 0 radical (unpaired) electrons. The van der Waals surface area contributed by atoms with Gasteiger partial charge in [-0.1, -0.05) is 143 Å². The third-order valence-electron chi connectivity index (χ3n) is 12.1. The number of methoxy groups -OCH3 is 4. The van der Waals surface area contributed by atoms with Crippen molar-refractivity contribution in [2.24, 2.45) is 5.11 Å². The number of ether oxygens (including phenoxy) is 4. The van der Waals surface area contributed by atoms with Crippen molar-refractivity contribution >= 4 is 0 Å². The summed E-state index contributed by atoms with van der Waals surface area (Å²) >= 11 is 0. The number of rotatable bonds is 9. The van der Waals surface area contributed by atoms with Gasteiger partial charge in [0.15, 0.2) is 0 Å². The molecule has 0 fully saturated rings. The minimum atomic E-state index is -0.141. The molecule has 8 bridgehead atoms. The van der Waals surface area contributed by atoms with Gasteiger partial charge in [-0.05, 0) is 95.7 Å². The minimum Gasteiger partial charge on any atom is -0.496 e. The first-order chi connectivity index (χ1) is 27.5. The fourth-order valence-corrected chi connectivity index (χ4v) is 8.67. The monoisotopic (exact) mass is 802 g/mol. The molecule has 0 heterocycles. The predicted octanol–water partition coefficient (Wildman–Crippen LogP) is 13.6. The summed E-state index contributed by atoms with van der Waals surface area (Å²) in [5, 5.41) is 3.90. The number of hydrogen-bond acceptors (Lipinski definition) is 5. The van der Waals surface area contributed by atoms with E-state index in [1.807, 2.05) is 14.2 Å². The van der Waals surface area contributed by atoms with E-state index in [9.17, 15) is 0 Å². The highest BCUT2D eigenvalue weighted by Crippen LogP contribution is 2.48. The van der Waals surface area contributed by atoms with Gasteiger partial charge in [0.05, 0.1) is 28.4 Å². The van der Waals surface area contributed by atoms with Crippen LogP contribution in [0.1, 0.15) is 175 Å². The Morgan fingerprint density at radius 1 is 0.475 bits per heavy atom. The van der Waals surface area contributed by atoms with Gasteiger partial charge in [0.2, 0.25) is 0 Å². The topological polar surface area (TPSA) is 85.7 Å². The maximum Gasteiger partial charge on any atom is 0.126 e. The summed E-state index contributed by atoms with van der Waals surface area (Å²) in [4.78, 5) is 3.05. The second-order valence-corrected chi connectivity index (χ2v) is 20.7. The molecule has 1 aliphatic rings. The fourth-order valence-electron chi connectivity index (χ4n) is 8.67. The molecule has 0 saturated carbocycles. The van der Waals surface area contributed by atoms with Crippen molar-refractivity contribution < 1.29 is 18.9 Å². The van der Waals surface area contributed by atoms with E-state index in [1.165, 1.54) is 22.3 Å². The van der Waals surface area contributed by atoms with Crippen LogP contribution in [0, 0.1) is 0 Å². The lowest BCUT2D eigenvalue weighted by Gasteiger charge is -2.31. The smallest absolute Gasteiger partial charge is 0.126 e. The number of nitrogens with zero attached hydrogens (tertiary/aromatic N) is 3. The lowest BCUT2D eigenvalue weighted by molar-refractivity contribution is 0.389.